The van der Waals surface area contributed by atoms with Crippen molar-refractivity contribution in [2.45, 2.75) is 6.42 Å². The Bertz CT molecular complexity index is 622. The number of aromatic nitrogens is 1. The molecular formula is C16H18N2O3. The summed E-state index contributed by atoms with van der Waals surface area (Å²) < 4.78 is 11.1. The van der Waals surface area contributed by atoms with Crippen molar-refractivity contribution >= 4 is 5.91 Å². The summed E-state index contributed by atoms with van der Waals surface area (Å²) in [6.45, 7) is 1.18. The first-order valence-corrected chi connectivity index (χ1v) is 6.97. The number of fused-ring (bicyclic) bond motifs is 1. The van der Waals surface area contributed by atoms with Crippen molar-refractivity contribution in [3.05, 3.63) is 47.8 Å². The fourth-order valence-electron chi connectivity index (χ4n) is 2.55. The third kappa shape index (κ3) is 2.86. The predicted molar refractivity (Wildman–Crippen MR) is 78.8 cm³/mol. The van der Waals surface area contributed by atoms with Crippen LogP contribution in [0.1, 0.15) is 15.9 Å². The number of ether oxygens (including phenoxy) is 2. The molecule has 1 atom stereocenters. The maximum atomic E-state index is 11.9. The molecule has 1 aromatic heterocycles. The lowest BCUT2D eigenvalue weighted by atomic mass is 9.96. The summed E-state index contributed by atoms with van der Waals surface area (Å²) in [4.78, 5) is 14.8. The Morgan fingerprint density at radius 3 is 3.14 bits per heavy atom. The van der Waals surface area contributed by atoms with Gasteiger partial charge in [-0.1, -0.05) is 12.1 Å². The molecule has 1 aromatic carbocycles. The zero-order chi connectivity index (χ0) is 14.7. The third-order valence-corrected chi connectivity index (χ3v) is 3.66. The van der Waals surface area contributed by atoms with Gasteiger partial charge in [0.15, 0.2) is 11.5 Å². The Labute approximate surface area is 123 Å². The van der Waals surface area contributed by atoms with Crippen LogP contribution >= 0.6 is 0 Å². The number of hydrogen-bond donors (Lipinski definition) is 2. The molecule has 2 N–H and O–H groups in total. The Morgan fingerprint density at radius 1 is 1.48 bits per heavy atom. The molecule has 0 fully saturated rings. The summed E-state index contributed by atoms with van der Waals surface area (Å²) in [5.41, 5.74) is 1.77. The van der Waals surface area contributed by atoms with Gasteiger partial charge in [-0.25, -0.2) is 0 Å². The highest BCUT2D eigenvalue weighted by atomic mass is 16.5. The third-order valence-electron chi connectivity index (χ3n) is 3.66. The molecule has 110 valence electrons. The lowest BCUT2D eigenvalue weighted by molar-refractivity contribution is 0.0938. The number of carbonyl (C=O) groups excluding carboxylic acids is 1. The summed E-state index contributed by atoms with van der Waals surface area (Å²) in [7, 11) is 1.64. The molecule has 5 heteroatoms. The van der Waals surface area contributed by atoms with Crippen molar-refractivity contribution in [3.8, 4) is 11.5 Å². The van der Waals surface area contributed by atoms with E-state index in [1.165, 1.54) is 0 Å². The SMILES string of the molecule is COc1cccc2c1OCC(CNC(=O)c1cc[nH]c1)C2. The van der Waals surface area contributed by atoms with Crippen molar-refractivity contribution in [3.63, 3.8) is 0 Å². The number of H-pyrrole nitrogens is 1. The van der Waals surface area contributed by atoms with E-state index in [4.69, 9.17) is 9.47 Å². The van der Waals surface area contributed by atoms with Gasteiger partial charge in [-0.2, -0.15) is 0 Å². The van der Waals surface area contributed by atoms with E-state index in [-0.39, 0.29) is 11.8 Å². The molecule has 1 aliphatic heterocycles. The van der Waals surface area contributed by atoms with Gasteiger partial charge >= 0.3 is 0 Å². The van der Waals surface area contributed by atoms with Gasteiger partial charge in [0.25, 0.3) is 5.91 Å². The maximum absolute atomic E-state index is 11.9. The maximum Gasteiger partial charge on any atom is 0.252 e. The second kappa shape index (κ2) is 5.91. The van der Waals surface area contributed by atoms with Crippen LogP contribution in [-0.4, -0.2) is 31.2 Å². The topological polar surface area (TPSA) is 63.4 Å². The molecule has 2 aromatic rings. The number of nitrogens with one attached hydrogen (secondary N) is 2. The number of carbonyl (C=O) groups is 1. The first-order chi connectivity index (χ1) is 10.3. The summed E-state index contributed by atoms with van der Waals surface area (Å²) in [6, 6.07) is 7.65. The van der Waals surface area contributed by atoms with Crippen LogP contribution in [0.5, 0.6) is 11.5 Å². The summed E-state index contributed by atoms with van der Waals surface area (Å²) in [6.07, 6.45) is 4.30. The fraction of sp³-hybridized carbons (Fsp3) is 0.312. The normalized spacial score (nSPS) is 16.7. The van der Waals surface area contributed by atoms with Gasteiger partial charge in [0, 0.05) is 24.9 Å². The van der Waals surface area contributed by atoms with E-state index in [0.717, 1.165) is 23.5 Å². The van der Waals surface area contributed by atoms with Crippen LogP contribution in [0, 0.1) is 5.92 Å². The van der Waals surface area contributed by atoms with Crippen LogP contribution in [0.15, 0.2) is 36.7 Å². The predicted octanol–water partition coefficient (Wildman–Crippen LogP) is 2.00. The second-order valence-corrected chi connectivity index (χ2v) is 5.14. The molecule has 1 unspecified atom stereocenters. The van der Waals surface area contributed by atoms with Crippen LogP contribution in [0.2, 0.25) is 0 Å². The standard InChI is InChI=1S/C16H18N2O3/c1-20-14-4-2-3-12-7-11(10-21-15(12)14)8-18-16(19)13-5-6-17-9-13/h2-6,9,11,17H,7-8,10H2,1H3,(H,18,19). The molecule has 5 nitrogen and oxygen atoms in total. The van der Waals surface area contributed by atoms with Gasteiger partial charge in [-0.3, -0.25) is 4.79 Å². The van der Waals surface area contributed by atoms with Gasteiger partial charge in [0.05, 0.1) is 19.3 Å². The number of benzene rings is 1. The van der Waals surface area contributed by atoms with Crippen molar-refractivity contribution in [2.75, 3.05) is 20.3 Å². The summed E-state index contributed by atoms with van der Waals surface area (Å²) >= 11 is 0. The minimum absolute atomic E-state index is 0.0623. The van der Waals surface area contributed by atoms with E-state index in [1.54, 1.807) is 25.6 Å². The van der Waals surface area contributed by atoms with Crippen molar-refractivity contribution < 1.29 is 14.3 Å². The van der Waals surface area contributed by atoms with E-state index >= 15 is 0 Å². The minimum atomic E-state index is -0.0623. The van der Waals surface area contributed by atoms with Crippen LogP contribution < -0.4 is 14.8 Å². The number of amides is 1. The smallest absolute Gasteiger partial charge is 0.252 e. The first-order valence-electron chi connectivity index (χ1n) is 6.97. The lowest BCUT2D eigenvalue weighted by Gasteiger charge is -2.26. The van der Waals surface area contributed by atoms with E-state index in [2.05, 4.69) is 10.3 Å². The van der Waals surface area contributed by atoms with Gasteiger partial charge in [0.1, 0.15) is 0 Å². The van der Waals surface area contributed by atoms with Crippen LogP contribution in [0.25, 0.3) is 0 Å². The number of aromatic amines is 1. The zero-order valence-electron chi connectivity index (χ0n) is 11.9. The lowest BCUT2D eigenvalue weighted by Crippen LogP contribution is -2.34. The molecule has 1 amide bonds. The van der Waals surface area contributed by atoms with E-state index in [0.29, 0.717) is 18.7 Å². The number of para-hydroxylation sites is 1. The Hall–Kier alpha value is -2.43. The Kier molecular flexibility index (Phi) is 3.81. The minimum Gasteiger partial charge on any atom is -0.493 e. The van der Waals surface area contributed by atoms with Gasteiger partial charge in [0.2, 0.25) is 0 Å². The van der Waals surface area contributed by atoms with Gasteiger partial charge in [-0.05, 0) is 24.1 Å². The zero-order valence-corrected chi connectivity index (χ0v) is 11.9. The van der Waals surface area contributed by atoms with Crippen molar-refractivity contribution in [1.29, 1.82) is 0 Å². The van der Waals surface area contributed by atoms with Crippen molar-refractivity contribution in [1.82, 2.24) is 10.3 Å². The molecule has 0 bridgehead atoms. The fourth-order valence-corrected chi connectivity index (χ4v) is 2.55. The molecule has 0 aliphatic carbocycles. The highest BCUT2D eigenvalue weighted by molar-refractivity contribution is 5.93. The van der Waals surface area contributed by atoms with E-state index in [1.807, 2.05) is 18.2 Å². The van der Waals surface area contributed by atoms with Gasteiger partial charge < -0.3 is 19.8 Å². The van der Waals surface area contributed by atoms with E-state index < -0.39 is 0 Å². The first kappa shape index (κ1) is 13.5. The highest BCUT2D eigenvalue weighted by Gasteiger charge is 2.23. The van der Waals surface area contributed by atoms with Crippen molar-refractivity contribution in [2.24, 2.45) is 5.92 Å². The molecule has 21 heavy (non-hydrogen) atoms. The monoisotopic (exact) mass is 286 g/mol. The molecule has 0 saturated heterocycles. The number of hydrogen-bond acceptors (Lipinski definition) is 3. The molecule has 1 aliphatic rings. The molecule has 3 rings (SSSR count). The molecule has 2 heterocycles. The Balaban J connectivity index is 1.61. The molecule has 0 radical (unpaired) electrons. The molecular weight excluding hydrogens is 268 g/mol. The average Bonchev–Trinajstić information content (AvgIpc) is 3.06. The van der Waals surface area contributed by atoms with Gasteiger partial charge in [-0.15, -0.1) is 0 Å². The average molecular weight is 286 g/mol. The van der Waals surface area contributed by atoms with Crippen LogP contribution in [0.3, 0.4) is 0 Å². The largest absolute Gasteiger partial charge is 0.493 e. The summed E-state index contributed by atoms with van der Waals surface area (Å²) in [5.74, 6) is 1.80. The van der Waals surface area contributed by atoms with Crippen LogP contribution in [0.4, 0.5) is 0 Å². The number of methoxy groups -OCH3 is 1. The number of rotatable bonds is 4. The summed E-state index contributed by atoms with van der Waals surface area (Å²) in [5, 5.41) is 2.94. The molecule has 0 spiro atoms. The van der Waals surface area contributed by atoms with E-state index in [9.17, 15) is 4.79 Å². The molecule has 0 saturated carbocycles. The van der Waals surface area contributed by atoms with Crippen LogP contribution in [-0.2, 0) is 6.42 Å². The second-order valence-electron chi connectivity index (χ2n) is 5.14. The highest BCUT2D eigenvalue weighted by Crippen LogP contribution is 2.35. The quantitative estimate of drug-likeness (QED) is 0.903. The Morgan fingerprint density at radius 2 is 2.38 bits per heavy atom.